The SMILES string of the molecule is N#Cc1ccc(N2CCC(C(=O)Nc3ccc(N4CCC(CN5CCN(C[C@H]6CCN(c7ccc8c(c7)C(=O)N(C7CCC(=O)NC7=O)C8=O)C6)CC5)CC4)cn3)CC2)cc1C(F)(F)F. The lowest BCUT2D eigenvalue weighted by atomic mass is 9.95. The number of nitrogens with zero attached hydrogens (tertiary/aromatic N) is 8. The summed E-state index contributed by atoms with van der Waals surface area (Å²) in [5, 5.41) is 14.3. The predicted octanol–water partition coefficient (Wildman–Crippen LogP) is 4.59. The van der Waals surface area contributed by atoms with E-state index in [0.29, 0.717) is 60.4 Å². The number of anilines is 4. The Morgan fingerprint density at radius 2 is 1.32 bits per heavy atom. The molecule has 1 unspecified atom stereocenters. The number of carbonyl (C=O) groups is 5. The van der Waals surface area contributed by atoms with Gasteiger partial charge in [-0.3, -0.25) is 34.2 Å². The van der Waals surface area contributed by atoms with Crippen molar-refractivity contribution >= 4 is 52.4 Å². The average molecular weight is 895 g/mol. The van der Waals surface area contributed by atoms with E-state index in [-0.39, 0.29) is 24.7 Å². The minimum Gasteiger partial charge on any atom is -0.371 e. The van der Waals surface area contributed by atoms with Crippen LogP contribution >= 0.6 is 0 Å². The van der Waals surface area contributed by atoms with Crippen LogP contribution in [-0.4, -0.2) is 134 Å². The number of hydrogen-bond donors (Lipinski definition) is 2. The zero-order valence-corrected chi connectivity index (χ0v) is 36.2. The van der Waals surface area contributed by atoms with Crippen molar-refractivity contribution in [2.75, 3.05) is 98.6 Å². The Kier molecular flexibility index (Phi) is 12.5. The molecule has 0 aliphatic carbocycles. The van der Waals surface area contributed by atoms with Crippen LogP contribution in [0.1, 0.15) is 76.8 Å². The topological polar surface area (TPSA) is 166 Å². The first kappa shape index (κ1) is 44.2. The highest BCUT2D eigenvalue weighted by Crippen LogP contribution is 2.36. The second-order valence-electron chi connectivity index (χ2n) is 18.3. The van der Waals surface area contributed by atoms with Crippen LogP contribution in [0.4, 0.5) is 36.1 Å². The van der Waals surface area contributed by atoms with Gasteiger partial charge in [0.05, 0.1) is 40.2 Å². The third-order valence-electron chi connectivity index (χ3n) is 14.2. The summed E-state index contributed by atoms with van der Waals surface area (Å²) in [5.41, 5.74) is 1.56. The molecule has 15 nitrogen and oxygen atoms in total. The van der Waals surface area contributed by atoms with Crippen molar-refractivity contribution in [2.24, 2.45) is 17.8 Å². The lowest BCUT2D eigenvalue weighted by Crippen LogP contribution is -2.54. The van der Waals surface area contributed by atoms with Gasteiger partial charge in [-0.25, -0.2) is 4.98 Å². The minimum absolute atomic E-state index is 0.0880. The van der Waals surface area contributed by atoms with E-state index in [1.165, 1.54) is 12.1 Å². The molecule has 342 valence electrons. The van der Waals surface area contributed by atoms with Gasteiger partial charge in [-0.2, -0.15) is 18.4 Å². The quantitative estimate of drug-likeness (QED) is 0.273. The molecule has 3 aromatic rings. The number of piperazine rings is 1. The van der Waals surface area contributed by atoms with Gasteiger partial charge in [0.15, 0.2) is 0 Å². The van der Waals surface area contributed by atoms with E-state index in [4.69, 9.17) is 5.26 Å². The van der Waals surface area contributed by atoms with Crippen LogP contribution < -0.4 is 25.3 Å². The van der Waals surface area contributed by atoms with Gasteiger partial charge in [0.25, 0.3) is 11.8 Å². The number of benzene rings is 2. The van der Waals surface area contributed by atoms with Gasteiger partial charge in [-0.05, 0) is 98.9 Å². The van der Waals surface area contributed by atoms with Crippen molar-refractivity contribution in [3.05, 3.63) is 77.0 Å². The third-order valence-corrected chi connectivity index (χ3v) is 14.2. The molecule has 7 heterocycles. The average Bonchev–Trinajstić information content (AvgIpc) is 3.88. The van der Waals surface area contributed by atoms with E-state index < -0.39 is 47.0 Å². The zero-order valence-electron chi connectivity index (χ0n) is 36.2. The molecule has 6 aliphatic rings. The molecule has 1 aromatic heterocycles. The predicted molar refractivity (Wildman–Crippen MR) is 235 cm³/mol. The van der Waals surface area contributed by atoms with Crippen LogP contribution in [-0.2, 0) is 20.6 Å². The van der Waals surface area contributed by atoms with Crippen molar-refractivity contribution in [3.8, 4) is 6.07 Å². The molecule has 5 amide bonds. The molecule has 18 heteroatoms. The summed E-state index contributed by atoms with van der Waals surface area (Å²) in [5.74, 6) is -0.833. The summed E-state index contributed by atoms with van der Waals surface area (Å²) in [6.07, 6.45) is 1.60. The molecule has 9 rings (SSSR count). The molecule has 2 atom stereocenters. The first-order valence-corrected chi connectivity index (χ1v) is 22.7. The lowest BCUT2D eigenvalue weighted by molar-refractivity contribution is -0.138. The number of rotatable bonds is 10. The summed E-state index contributed by atoms with van der Waals surface area (Å²) in [7, 11) is 0. The van der Waals surface area contributed by atoms with E-state index in [2.05, 4.69) is 35.2 Å². The highest BCUT2D eigenvalue weighted by atomic mass is 19.4. The highest BCUT2D eigenvalue weighted by Gasteiger charge is 2.45. The summed E-state index contributed by atoms with van der Waals surface area (Å²) in [6.45, 7) is 10.7. The Balaban J connectivity index is 0.672. The van der Waals surface area contributed by atoms with Crippen LogP contribution in [0.2, 0.25) is 0 Å². The lowest BCUT2D eigenvalue weighted by Gasteiger charge is -2.40. The van der Waals surface area contributed by atoms with Crippen LogP contribution in [0.15, 0.2) is 54.7 Å². The first-order valence-electron chi connectivity index (χ1n) is 22.7. The van der Waals surface area contributed by atoms with Crippen LogP contribution in [0.5, 0.6) is 0 Å². The summed E-state index contributed by atoms with van der Waals surface area (Å²) >= 11 is 0. The molecular weight excluding hydrogens is 842 g/mol. The molecule has 2 N–H and O–H groups in total. The number of nitrogens with one attached hydrogen (secondary N) is 2. The molecule has 5 fully saturated rings. The van der Waals surface area contributed by atoms with Gasteiger partial charge in [0.1, 0.15) is 11.9 Å². The maximum Gasteiger partial charge on any atom is 0.417 e. The second kappa shape index (κ2) is 18.4. The summed E-state index contributed by atoms with van der Waals surface area (Å²) in [4.78, 5) is 80.9. The number of nitriles is 1. The number of fused-ring (bicyclic) bond motifs is 1. The Bertz CT molecular complexity index is 2370. The number of carbonyl (C=O) groups excluding carboxylic acids is 5. The maximum atomic E-state index is 13.5. The number of piperidine rings is 3. The Morgan fingerprint density at radius 1 is 0.723 bits per heavy atom. The molecule has 5 saturated heterocycles. The number of pyridine rings is 1. The van der Waals surface area contributed by atoms with E-state index in [1.54, 1.807) is 24.4 Å². The van der Waals surface area contributed by atoms with Gasteiger partial charge < -0.3 is 29.8 Å². The van der Waals surface area contributed by atoms with E-state index in [0.717, 1.165) is 107 Å². The fourth-order valence-electron chi connectivity index (χ4n) is 10.5. The van der Waals surface area contributed by atoms with Crippen molar-refractivity contribution < 1.29 is 37.1 Å². The molecule has 0 bridgehead atoms. The number of imide groups is 2. The third kappa shape index (κ3) is 9.53. The van der Waals surface area contributed by atoms with E-state index in [1.807, 2.05) is 23.1 Å². The van der Waals surface area contributed by atoms with Gasteiger partial charge in [0.2, 0.25) is 17.7 Å². The standard InChI is InChI=1S/C47H53F3N10O5/c48-47(49,50)39-24-35(2-1-33(39)25-51)57-17-12-32(13-18-57)43(62)53-41-7-4-36(26-52-41)58-14-9-30(10-15-58)27-55-19-21-56(22-20-55)28-31-11-16-59(29-31)34-3-5-37-38(23-34)46(65)60(45(37)64)40-6-8-42(61)54-44(40)63/h1-5,7,23-24,26,30-32,40H,6,8-22,27-29H2,(H,52,53,62)(H,54,61,63)/t31-,40?/m1/s1. The maximum absolute atomic E-state index is 13.5. The molecule has 65 heavy (non-hydrogen) atoms. The number of aromatic nitrogens is 1. The Morgan fingerprint density at radius 3 is 1.98 bits per heavy atom. The fourth-order valence-corrected chi connectivity index (χ4v) is 10.5. The second-order valence-corrected chi connectivity index (χ2v) is 18.3. The largest absolute Gasteiger partial charge is 0.417 e. The summed E-state index contributed by atoms with van der Waals surface area (Å²) < 4.78 is 40.5. The number of hydrogen-bond acceptors (Lipinski definition) is 12. The smallest absolute Gasteiger partial charge is 0.371 e. The minimum atomic E-state index is -4.62. The van der Waals surface area contributed by atoms with E-state index >= 15 is 0 Å². The van der Waals surface area contributed by atoms with Crippen LogP contribution in [0.25, 0.3) is 0 Å². The van der Waals surface area contributed by atoms with Gasteiger partial charge in [0, 0.05) is 102 Å². The van der Waals surface area contributed by atoms with Crippen LogP contribution in [0.3, 0.4) is 0 Å². The normalized spacial score (nSPS) is 22.9. The Labute approximate surface area is 375 Å². The fraction of sp³-hybridized carbons (Fsp3) is 0.511. The van der Waals surface area contributed by atoms with Crippen molar-refractivity contribution in [2.45, 2.75) is 57.2 Å². The molecular formula is C47H53F3N10O5. The molecule has 0 spiro atoms. The molecule has 2 aromatic carbocycles. The number of alkyl halides is 3. The van der Waals surface area contributed by atoms with Gasteiger partial charge >= 0.3 is 6.18 Å². The van der Waals surface area contributed by atoms with Crippen molar-refractivity contribution in [3.63, 3.8) is 0 Å². The van der Waals surface area contributed by atoms with Gasteiger partial charge in [-0.1, -0.05) is 0 Å². The highest BCUT2D eigenvalue weighted by molar-refractivity contribution is 6.23. The summed E-state index contributed by atoms with van der Waals surface area (Å²) in [6, 6.07) is 13.6. The van der Waals surface area contributed by atoms with Crippen LogP contribution in [0, 0.1) is 29.1 Å². The monoisotopic (exact) mass is 894 g/mol. The zero-order chi connectivity index (χ0) is 45.4. The number of amides is 5. The first-order chi connectivity index (χ1) is 31.3. The Hall–Kier alpha value is -6.06. The van der Waals surface area contributed by atoms with Crippen molar-refractivity contribution in [1.29, 1.82) is 5.26 Å². The van der Waals surface area contributed by atoms with Gasteiger partial charge in [-0.15, -0.1) is 0 Å². The van der Waals surface area contributed by atoms with E-state index in [9.17, 15) is 37.1 Å². The molecule has 0 saturated carbocycles. The number of halogens is 3. The molecule has 6 aliphatic heterocycles. The van der Waals surface area contributed by atoms with Crippen molar-refractivity contribution in [1.82, 2.24) is 25.0 Å². The molecule has 0 radical (unpaired) electrons.